The number of nitrogens with one attached hydrogen (secondary N) is 2. The number of anilines is 1. The average Bonchev–Trinajstić information content (AvgIpc) is 2.76. The topological polar surface area (TPSA) is 49.6 Å². The fourth-order valence-corrected chi connectivity index (χ4v) is 1.53. The van der Waals surface area contributed by atoms with Gasteiger partial charge < -0.3 is 9.73 Å². The summed E-state index contributed by atoms with van der Waals surface area (Å²) in [7, 11) is 0. The molecule has 0 aliphatic carbocycles. The molecule has 0 bridgehead atoms. The summed E-state index contributed by atoms with van der Waals surface area (Å²) in [6, 6.07) is 13.4. The molecular weight excluding hydrogens is 246 g/mol. The summed E-state index contributed by atoms with van der Waals surface area (Å²) in [5.74, 6) is 1.53. The third kappa shape index (κ3) is 3.71. The molecule has 2 aromatic rings. The number of thiocarbonyl (C=S) groups is 1. The summed E-state index contributed by atoms with van der Waals surface area (Å²) in [6.45, 7) is 1.88. The van der Waals surface area contributed by atoms with Gasteiger partial charge >= 0.3 is 0 Å². The van der Waals surface area contributed by atoms with E-state index in [2.05, 4.69) is 15.8 Å². The van der Waals surface area contributed by atoms with Crippen molar-refractivity contribution in [3.05, 3.63) is 54.0 Å². The number of para-hydroxylation sites is 1. The Balaban J connectivity index is 1.83. The van der Waals surface area contributed by atoms with Crippen LogP contribution in [0.25, 0.3) is 0 Å². The molecule has 18 heavy (non-hydrogen) atoms. The summed E-state index contributed by atoms with van der Waals surface area (Å²) in [5, 5.41) is 7.42. The van der Waals surface area contributed by atoms with Crippen molar-refractivity contribution in [2.75, 3.05) is 5.32 Å². The van der Waals surface area contributed by atoms with Crippen molar-refractivity contribution >= 4 is 29.2 Å². The minimum Gasteiger partial charge on any atom is -0.460 e. The molecule has 0 saturated heterocycles. The van der Waals surface area contributed by atoms with E-state index in [4.69, 9.17) is 16.6 Å². The first-order chi connectivity index (χ1) is 8.74. The molecule has 0 aliphatic rings. The SMILES string of the molecule is Cc1ccc(C=NNC(=S)Nc2ccccc2)o1. The molecule has 0 spiro atoms. The standard InChI is InChI=1S/C13H13N3OS/c1-10-7-8-12(17-10)9-14-16-13(18)15-11-5-3-2-4-6-11/h2-9H,1H3,(H2,15,16,18). The minimum atomic E-state index is 0.431. The number of rotatable bonds is 3. The number of hydrazone groups is 1. The number of hydrogen-bond donors (Lipinski definition) is 2. The zero-order valence-corrected chi connectivity index (χ0v) is 10.7. The number of furan rings is 1. The third-order valence-corrected chi connectivity index (χ3v) is 2.34. The predicted molar refractivity (Wildman–Crippen MR) is 76.8 cm³/mol. The molecule has 0 unspecified atom stereocenters. The van der Waals surface area contributed by atoms with Crippen LogP contribution in [-0.2, 0) is 0 Å². The van der Waals surface area contributed by atoms with E-state index in [1.807, 2.05) is 49.4 Å². The monoisotopic (exact) mass is 259 g/mol. The Hall–Kier alpha value is -2.14. The van der Waals surface area contributed by atoms with Gasteiger partial charge in [-0.1, -0.05) is 18.2 Å². The molecule has 4 nitrogen and oxygen atoms in total. The molecule has 2 rings (SSSR count). The second-order valence-electron chi connectivity index (χ2n) is 3.64. The molecule has 5 heteroatoms. The van der Waals surface area contributed by atoms with Crippen molar-refractivity contribution in [2.24, 2.45) is 5.10 Å². The first-order valence-corrected chi connectivity index (χ1v) is 5.86. The highest BCUT2D eigenvalue weighted by molar-refractivity contribution is 7.80. The van der Waals surface area contributed by atoms with Crippen molar-refractivity contribution < 1.29 is 4.42 Å². The van der Waals surface area contributed by atoms with Crippen LogP contribution in [-0.4, -0.2) is 11.3 Å². The zero-order valence-electron chi connectivity index (χ0n) is 9.88. The van der Waals surface area contributed by atoms with Gasteiger partial charge in [0.05, 0.1) is 6.21 Å². The molecule has 0 fully saturated rings. The summed E-state index contributed by atoms with van der Waals surface area (Å²) < 4.78 is 5.33. The van der Waals surface area contributed by atoms with Gasteiger partial charge in [-0.2, -0.15) is 5.10 Å². The van der Waals surface area contributed by atoms with Gasteiger partial charge in [-0.25, -0.2) is 0 Å². The Morgan fingerprint density at radius 2 is 2.00 bits per heavy atom. The summed E-state index contributed by atoms with van der Waals surface area (Å²) in [6.07, 6.45) is 1.58. The molecule has 0 atom stereocenters. The molecule has 2 N–H and O–H groups in total. The van der Waals surface area contributed by atoms with Gasteiger partial charge in [-0.05, 0) is 43.4 Å². The quantitative estimate of drug-likeness (QED) is 0.505. The lowest BCUT2D eigenvalue weighted by atomic mass is 10.3. The third-order valence-electron chi connectivity index (χ3n) is 2.15. The normalized spacial score (nSPS) is 10.5. The molecule has 1 aromatic carbocycles. The van der Waals surface area contributed by atoms with E-state index in [9.17, 15) is 0 Å². The average molecular weight is 259 g/mol. The van der Waals surface area contributed by atoms with E-state index in [1.54, 1.807) is 6.21 Å². The van der Waals surface area contributed by atoms with Crippen LogP contribution in [0, 0.1) is 6.92 Å². The van der Waals surface area contributed by atoms with E-state index in [1.165, 1.54) is 0 Å². The van der Waals surface area contributed by atoms with E-state index >= 15 is 0 Å². The van der Waals surface area contributed by atoms with Crippen LogP contribution in [0.15, 0.2) is 52.0 Å². The lowest BCUT2D eigenvalue weighted by Gasteiger charge is -2.05. The zero-order chi connectivity index (χ0) is 12.8. The van der Waals surface area contributed by atoms with Crippen LogP contribution in [0.1, 0.15) is 11.5 Å². The molecule has 0 aliphatic heterocycles. The Morgan fingerprint density at radius 3 is 2.67 bits per heavy atom. The fraction of sp³-hybridized carbons (Fsp3) is 0.0769. The highest BCUT2D eigenvalue weighted by Gasteiger charge is 1.95. The second kappa shape index (κ2) is 5.97. The van der Waals surface area contributed by atoms with Crippen molar-refractivity contribution in [3.8, 4) is 0 Å². The molecule has 1 aromatic heterocycles. The summed E-state index contributed by atoms with van der Waals surface area (Å²) in [5.41, 5.74) is 3.63. The predicted octanol–water partition coefficient (Wildman–Crippen LogP) is 2.91. The van der Waals surface area contributed by atoms with E-state index in [-0.39, 0.29) is 0 Å². The molecule has 1 heterocycles. The lowest BCUT2D eigenvalue weighted by Crippen LogP contribution is -2.23. The Labute approximate surface area is 111 Å². The highest BCUT2D eigenvalue weighted by atomic mass is 32.1. The van der Waals surface area contributed by atoms with Gasteiger partial charge in [0, 0.05) is 5.69 Å². The maximum Gasteiger partial charge on any atom is 0.191 e. The molecule has 0 radical (unpaired) electrons. The second-order valence-corrected chi connectivity index (χ2v) is 4.05. The molecule has 92 valence electrons. The van der Waals surface area contributed by atoms with Crippen LogP contribution < -0.4 is 10.7 Å². The number of benzene rings is 1. The van der Waals surface area contributed by atoms with Gasteiger partial charge in [0.1, 0.15) is 11.5 Å². The van der Waals surface area contributed by atoms with E-state index in [0.717, 1.165) is 11.4 Å². The van der Waals surface area contributed by atoms with Crippen molar-refractivity contribution in [1.29, 1.82) is 0 Å². The van der Waals surface area contributed by atoms with Gasteiger partial charge in [0.15, 0.2) is 5.11 Å². The molecular formula is C13H13N3OS. The van der Waals surface area contributed by atoms with Crippen LogP contribution in [0.5, 0.6) is 0 Å². The highest BCUT2D eigenvalue weighted by Crippen LogP contribution is 2.04. The Morgan fingerprint density at radius 1 is 1.22 bits per heavy atom. The Kier molecular flexibility index (Phi) is 4.09. The molecule has 0 amide bonds. The maximum atomic E-state index is 5.33. The molecule has 0 saturated carbocycles. The minimum absolute atomic E-state index is 0.431. The Bertz CT molecular complexity index is 548. The van der Waals surface area contributed by atoms with Crippen LogP contribution >= 0.6 is 12.2 Å². The van der Waals surface area contributed by atoms with E-state index in [0.29, 0.717) is 10.9 Å². The number of aryl methyl sites for hydroxylation is 1. The number of hydrogen-bond acceptors (Lipinski definition) is 3. The van der Waals surface area contributed by atoms with Crippen molar-refractivity contribution in [1.82, 2.24) is 5.43 Å². The number of nitrogens with zero attached hydrogens (tertiary/aromatic N) is 1. The first kappa shape index (κ1) is 12.3. The smallest absolute Gasteiger partial charge is 0.191 e. The first-order valence-electron chi connectivity index (χ1n) is 5.45. The van der Waals surface area contributed by atoms with Gasteiger partial charge in [0.25, 0.3) is 0 Å². The largest absolute Gasteiger partial charge is 0.460 e. The maximum absolute atomic E-state index is 5.33. The van der Waals surface area contributed by atoms with E-state index < -0.39 is 0 Å². The summed E-state index contributed by atoms with van der Waals surface area (Å²) >= 11 is 5.09. The van der Waals surface area contributed by atoms with Crippen LogP contribution in [0.4, 0.5) is 5.69 Å². The lowest BCUT2D eigenvalue weighted by molar-refractivity contribution is 0.527. The van der Waals surface area contributed by atoms with Gasteiger partial charge in [-0.3, -0.25) is 5.43 Å². The van der Waals surface area contributed by atoms with Gasteiger partial charge in [-0.15, -0.1) is 0 Å². The fourth-order valence-electron chi connectivity index (χ4n) is 1.36. The van der Waals surface area contributed by atoms with Crippen molar-refractivity contribution in [3.63, 3.8) is 0 Å². The van der Waals surface area contributed by atoms with Crippen LogP contribution in [0.2, 0.25) is 0 Å². The summed E-state index contributed by atoms with van der Waals surface area (Å²) in [4.78, 5) is 0. The van der Waals surface area contributed by atoms with Crippen LogP contribution in [0.3, 0.4) is 0 Å². The van der Waals surface area contributed by atoms with Crippen molar-refractivity contribution in [2.45, 2.75) is 6.92 Å². The van der Waals surface area contributed by atoms with Gasteiger partial charge in [0.2, 0.25) is 0 Å².